The van der Waals surface area contributed by atoms with E-state index in [1.165, 1.54) is 135 Å². The lowest BCUT2D eigenvalue weighted by molar-refractivity contribution is -0.145. The molecule has 0 bridgehead atoms. The molecule has 7 heteroatoms. The minimum absolute atomic E-state index is 0.00484. The first-order valence-electron chi connectivity index (χ1n) is 26.2. The summed E-state index contributed by atoms with van der Waals surface area (Å²) in [4.78, 5) is 30.4. The van der Waals surface area contributed by atoms with Gasteiger partial charge in [0.1, 0.15) is 0 Å². The average Bonchev–Trinajstić information content (AvgIpc) is 3.24. The van der Waals surface area contributed by atoms with E-state index < -0.39 is 0 Å². The summed E-state index contributed by atoms with van der Waals surface area (Å²) in [5, 5.41) is 8.40. The van der Waals surface area contributed by atoms with Crippen molar-refractivity contribution in [2.45, 2.75) is 260 Å². The molecule has 0 aromatic rings. The first-order chi connectivity index (χ1) is 28.8. The number of nitrogens with zero attached hydrogens (tertiary/aromatic N) is 2. The summed E-state index contributed by atoms with van der Waals surface area (Å²) in [5.41, 5.74) is 0. The molecule has 0 aliphatic carbocycles. The lowest BCUT2D eigenvalue weighted by Gasteiger charge is -2.25. The molecule has 0 saturated carbocycles. The first-order valence-corrected chi connectivity index (χ1v) is 26.2. The molecule has 2 unspecified atom stereocenters. The SMILES string of the molecule is CCCCCCC(CCCC)COC(=N)CCCCCCCN(CCCCCCCC(=O)OCC(CCCC)CCCCCC)CCCC(=O)N(CCCC)CCCC. The van der Waals surface area contributed by atoms with Gasteiger partial charge in [0.2, 0.25) is 5.91 Å². The highest BCUT2D eigenvalue weighted by Crippen LogP contribution is 2.20. The summed E-state index contributed by atoms with van der Waals surface area (Å²) in [6, 6.07) is 0. The van der Waals surface area contributed by atoms with Crippen molar-refractivity contribution in [3.05, 3.63) is 0 Å². The van der Waals surface area contributed by atoms with E-state index in [4.69, 9.17) is 14.9 Å². The van der Waals surface area contributed by atoms with Crippen molar-refractivity contribution in [1.29, 1.82) is 5.41 Å². The molecule has 350 valence electrons. The number of esters is 1. The van der Waals surface area contributed by atoms with Gasteiger partial charge < -0.3 is 19.3 Å². The summed E-state index contributed by atoms with van der Waals surface area (Å²) < 4.78 is 11.7. The highest BCUT2D eigenvalue weighted by atomic mass is 16.5. The average molecular weight is 834 g/mol. The molecule has 2 atom stereocenters. The summed E-state index contributed by atoms with van der Waals surface area (Å²) in [5.74, 6) is 1.96. The topological polar surface area (TPSA) is 82.9 Å². The van der Waals surface area contributed by atoms with Crippen molar-refractivity contribution in [3.8, 4) is 0 Å². The van der Waals surface area contributed by atoms with Crippen molar-refractivity contribution in [1.82, 2.24) is 9.80 Å². The van der Waals surface area contributed by atoms with Gasteiger partial charge in [0, 0.05) is 32.4 Å². The van der Waals surface area contributed by atoms with Gasteiger partial charge in [-0.1, -0.05) is 170 Å². The van der Waals surface area contributed by atoms with E-state index in [1.807, 2.05) is 0 Å². The molecule has 0 saturated heterocycles. The van der Waals surface area contributed by atoms with Crippen LogP contribution in [0.5, 0.6) is 0 Å². The van der Waals surface area contributed by atoms with Gasteiger partial charge in [-0.05, 0) is 102 Å². The molecule has 1 N–H and O–H groups in total. The van der Waals surface area contributed by atoms with E-state index in [1.54, 1.807) is 0 Å². The van der Waals surface area contributed by atoms with E-state index in [9.17, 15) is 9.59 Å². The summed E-state index contributed by atoms with van der Waals surface area (Å²) in [7, 11) is 0. The summed E-state index contributed by atoms with van der Waals surface area (Å²) in [6.45, 7) is 19.8. The number of carbonyl (C=O) groups excluding carboxylic acids is 2. The Morgan fingerprint density at radius 2 is 0.814 bits per heavy atom. The molecule has 0 radical (unpaired) electrons. The number of nitrogens with one attached hydrogen (secondary N) is 1. The van der Waals surface area contributed by atoms with Gasteiger partial charge >= 0.3 is 5.97 Å². The van der Waals surface area contributed by atoms with E-state index in [0.29, 0.717) is 43.1 Å². The minimum atomic E-state index is -0.00484. The third-order valence-corrected chi connectivity index (χ3v) is 12.4. The Morgan fingerprint density at radius 1 is 0.407 bits per heavy atom. The highest BCUT2D eigenvalue weighted by Gasteiger charge is 2.15. The normalized spacial score (nSPS) is 12.5. The van der Waals surface area contributed by atoms with Crippen LogP contribution in [0.15, 0.2) is 0 Å². The second kappa shape index (κ2) is 44.4. The first kappa shape index (κ1) is 57.4. The third kappa shape index (κ3) is 37.8. The smallest absolute Gasteiger partial charge is 0.305 e. The van der Waals surface area contributed by atoms with Crippen LogP contribution in [0.4, 0.5) is 0 Å². The van der Waals surface area contributed by atoms with Gasteiger partial charge in [-0.15, -0.1) is 0 Å². The Kier molecular flexibility index (Phi) is 43.2. The molecule has 0 spiro atoms. The Morgan fingerprint density at radius 3 is 1.32 bits per heavy atom. The second-order valence-electron chi connectivity index (χ2n) is 18.2. The predicted molar refractivity (Wildman–Crippen MR) is 256 cm³/mol. The Balaban J connectivity index is 4.66. The van der Waals surface area contributed by atoms with Gasteiger partial charge in [0.15, 0.2) is 5.90 Å². The third-order valence-electron chi connectivity index (χ3n) is 12.4. The Labute approximate surface area is 368 Å². The molecular weight excluding hydrogens is 731 g/mol. The molecule has 0 heterocycles. The van der Waals surface area contributed by atoms with E-state index >= 15 is 0 Å². The van der Waals surface area contributed by atoms with Crippen LogP contribution in [0, 0.1) is 17.2 Å². The molecule has 0 aliphatic rings. The number of unbranched alkanes of at least 4 members (excludes halogenated alkanes) is 18. The molecule has 0 fully saturated rings. The second-order valence-corrected chi connectivity index (χ2v) is 18.2. The largest absolute Gasteiger partial charge is 0.481 e. The minimum Gasteiger partial charge on any atom is -0.481 e. The number of rotatable bonds is 46. The number of ether oxygens (including phenoxy) is 2. The molecular formula is C52H103N3O4. The zero-order valence-electron chi connectivity index (χ0n) is 40.7. The Bertz CT molecular complexity index is 868. The zero-order valence-corrected chi connectivity index (χ0v) is 40.7. The lowest BCUT2D eigenvalue weighted by atomic mass is 9.96. The highest BCUT2D eigenvalue weighted by molar-refractivity contribution is 5.76. The monoisotopic (exact) mass is 834 g/mol. The molecule has 0 aromatic carbocycles. The quantitative estimate of drug-likeness (QED) is 0.0286. The Hall–Kier alpha value is -1.63. The van der Waals surface area contributed by atoms with Gasteiger partial charge in [-0.25, -0.2) is 0 Å². The van der Waals surface area contributed by atoms with E-state index in [2.05, 4.69) is 51.3 Å². The number of amides is 1. The fourth-order valence-electron chi connectivity index (χ4n) is 8.19. The molecule has 0 aliphatic heterocycles. The number of hydrogen-bond donors (Lipinski definition) is 1. The maximum Gasteiger partial charge on any atom is 0.305 e. The van der Waals surface area contributed by atoms with Crippen LogP contribution < -0.4 is 0 Å². The van der Waals surface area contributed by atoms with Crippen molar-refractivity contribution in [3.63, 3.8) is 0 Å². The van der Waals surface area contributed by atoms with Crippen molar-refractivity contribution in [2.24, 2.45) is 11.8 Å². The van der Waals surface area contributed by atoms with Gasteiger partial charge in [-0.3, -0.25) is 15.0 Å². The van der Waals surface area contributed by atoms with E-state index in [0.717, 1.165) is 110 Å². The summed E-state index contributed by atoms with van der Waals surface area (Å²) in [6.07, 6.45) is 38.9. The molecule has 1 amide bonds. The summed E-state index contributed by atoms with van der Waals surface area (Å²) >= 11 is 0. The van der Waals surface area contributed by atoms with Crippen LogP contribution >= 0.6 is 0 Å². The standard InChI is InChI=1S/C52H103N3O4/c1-7-13-19-27-36-48(34-15-9-3)46-58-50(53)38-29-23-21-25-31-41-54(43-33-39-51(56)55(44-17-11-5)45-18-12-6)42-32-26-22-24-30-40-52(57)59-47-49(35-16-10-4)37-28-20-14-8-2/h48-49,53H,7-47H2,1-6H3. The number of carbonyl (C=O) groups is 2. The van der Waals surface area contributed by atoms with Crippen molar-refractivity contribution < 1.29 is 19.1 Å². The lowest BCUT2D eigenvalue weighted by Crippen LogP contribution is -2.34. The van der Waals surface area contributed by atoms with Crippen molar-refractivity contribution >= 4 is 17.8 Å². The molecule has 7 nitrogen and oxygen atoms in total. The van der Waals surface area contributed by atoms with Crippen LogP contribution in [0.3, 0.4) is 0 Å². The van der Waals surface area contributed by atoms with E-state index in [-0.39, 0.29) is 5.97 Å². The molecule has 0 rings (SSSR count). The fourth-order valence-corrected chi connectivity index (χ4v) is 8.19. The van der Waals surface area contributed by atoms with Crippen LogP contribution in [-0.4, -0.2) is 73.5 Å². The maximum absolute atomic E-state index is 13.2. The van der Waals surface area contributed by atoms with Gasteiger partial charge in [-0.2, -0.15) is 0 Å². The molecule has 0 aromatic heterocycles. The predicted octanol–water partition coefficient (Wildman–Crippen LogP) is 15.3. The maximum atomic E-state index is 13.2. The fraction of sp³-hybridized carbons (Fsp3) is 0.942. The number of hydrogen-bond acceptors (Lipinski definition) is 6. The van der Waals surface area contributed by atoms with Crippen LogP contribution in [0.1, 0.15) is 260 Å². The van der Waals surface area contributed by atoms with Crippen LogP contribution in [0.25, 0.3) is 0 Å². The van der Waals surface area contributed by atoms with Gasteiger partial charge in [0.25, 0.3) is 0 Å². The van der Waals surface area contributed by atoms with Crippen molar-refractivity contribution in [2.75, 3.05) is 45.9 Å². The molecule has 59 heavy (non-hydrogen) atoms. The van der Waals surface area contributed by atoms with Crippen LogP contribution in [0.2, 0.25) is 0 Å². The zero-order chi connectivity index (χ0) is 43.4. The van der Waals surface area contributed by atoms with Crippen LogP contribution in [-0.2, 0) is 19.1 Å². The van der Waals surface area contributed by atoms with Gasteiger partial charge in [0.05, 0.1) is 13.2 Å².